The lowest BCUT2D eigenvalue weighted by atomic mass is 9.97. The van der Waals surface area contributed by atoms with E-state index in [4.69, 9.17) is 9.82 Å². The standard InChI is InChI=1S/C22H24N4O3S/c27-20-8-11-26(20)13-21(28)25-9-6-16(7-10-25)22-23-18(14-30-22)17-12-19(29-24-17)15-4-2-1-3-5-15/h1-5,14,16,19H,6-13H2/t19-/m1/s1. The summed E-state index contributed by atoms with van der Waals surface area (Å²) in [5.74, 6) is 0.513. The molecule has 30 heavy (non-hydrogen) atoms. The second kappa shape index (κ2) is 8.18. The van der Waals surface area contributed by atoms with Crippen LogP contribution in [0.1, 0.15) is 54.0 Å². The third kappa shape index (κ3) is 3.84. The number of amides is 2. The van der Waals surface area contributed by atoms with Crippen molar-refractivity contribution in [2.45, 2.75) is 37.7 Å². The molecule has 2 fully saturated rings. The summed E-state index contributed by atoms with van der Waals surface area (Å²) in [6.45, 7) is 2.39. The molecule has 1 atom stereocenters. The van der Waals surface area contributed by atoms with Gasteiger partial charge in [0.25, 0.3) is 0 Å². The van der Waals surface area contributed by atoms with Crippen molar-refractivity contribution in [1.82, 2.24) is 14.8 Å². The summed E-state index contributed by atoms with van der Waals surface area (Å²) < 4.78 is 0. The first kappa shape index (κ1) is 19.2. The summed E-state index contributed by atoms with van der Waals surface area (Å²) in [5, 5.41) is 7.46. The topological polar surface area (TPSA) is 75.1 Å². The SMILES string of the molecule is O=C(CN1CCC1=O)N1CCC(c2nc(C3=NO[C@@H](c4ccccc4)C3)cs2)CC1. The third-order valence-electron chi connectivity index (χ3n) is 6.13. The van der Waals surface area contributed by atoms with E-state index >= 15 is 0 Å². The van der Waals surface area contributed by atoms with Gasteiger partial charge in [0.1, 0.15) is 5.71 Å². The molecule has 5 rings (SSSR count). The molecule has 156 valence electrons. The fourth-order valence-electron chi connectivity index (χ4n) is 4.15. The summed E-state index contributed by atoms with van der Waals surface area (Å²) in [5.41, 5.74) is 2.94. The van der Waals surface area contributed by atoms with Crippen LogP contribution in [0.15, 0.2) is 40.9 Å². The molecule has 2 amide bonds. The zero-order valence-electron chi connectivity index (χ0n) is 16.7. The smallest absolute Gasteiger partial charge is 0.242 e. The minimum atomic E-state index is -0.0427. The molecule has 0 spiro atoms. The van der Waals surface area contributed by atoms with Crippen molar-refractivity contribution in [3.05, 3.63) is 52.0 Å². The molecule has 0 saturated carbocycles. The van der Waals surface area contributed by atoms with Crippen molar-refractivity contribution >= 4 is 28.9 Å². The second-order valence-electron chi connectivity index (χ2n) is 8.04. The highest BCUT2D eigenvalue weighted by Crippen LogP contribution is 2.33. The second-order valence-corrected chi connectivity index (χ2v) is 8.93. The van der Waals surface area contributed by atoms with Gasteiger partial charge in [0.05, 0.1) is 17.2 Å². The third-order valence-corrected chi connectivity index (χ3v) is 7.14. The Labute approximate surface area is 179 Å². The number of carbonyl (C=O) groups is 2. The van der Waals surface area contributed by atoms with E-state index in [-0.39, 0.29) is 24.5 Å². The molecule has 2 aromatic rings. The molecular formula is C22H24N4O3S. The lowest BCUT2D eigenvalue weighted by Crippen LogP contribution is -2.50. The van der Waals surface area contributed by atoms with Gasteiger partial charge in [-0.25, -0.2) is 4.98 Å². The number of aromatic nitrogens is 1. The molecule has 7 nitrogen and oxygen atoms in total. The van der Waals surface area contributed by atoms with Gasteiger partial charge in [0, 0.05) is 43.8 Å². The Hall–Kier alpha value is -2.74. The van der Waals surface area contributed by atoms with Crippen LogP contribution in [-0.4, -0.2) is 58.5 Å². The number of β-lactam (4-membered cyclic amide) rings is 1. The molecule has 0 unspecified atom stereocenters. The van der Waals surface area contributed by atoms with Crippen molar-refractivity contribution in [2.24, 2.45) is 5.16 Å². The number of likely N-dealkylation sites (tertiary alicyclic amines) is 2. The van der Waals surface area contributed by atoms with E-state index in [0.717, 1.165) is 54.3 Å². The van der Waals surface area contributed by atoms with Gasteiger partial charge in [0.15, 0.2) is 6.10 Å². The maximum atomic E-state index is 12.4. The maximum absolute atomic E-state index is 12.4. The van der Waals surface area contributed by atoms with Gasteiger partial charge < -0.3 is 14.6 Å². The van der Waals surface area contributed by atoms with Crippen molar-refractivity contribution in [3.8, 4) is 0 Å². The van der Waals surface area contributed by atoms with Gasteiger partial charge >= 0.3 is 0 Å². The normalized spacial score (nSPS) is 21.9. The van der Waals surface area contributed by atoms with Crippen LogP contribution in [0.2, 0.25) is 0 Å². The zero-order valence-corrected chi connectivity index (χ0v) is 17.5. The van der Waals surface area contributed by atoms with E-state index in [1.165, 1.54) is 0 Å². The number of piperidine rings is 1. The molecule has 0 bridgehead atoms. The van der Waals surface area contributed by atoms with Crippen LogP contribution < -0.4 is 0 Å². The largest absolute Gasteiger partial charge is 0.387 e. The Morgan fingerprint density at radius 2 is 1.97 bits per heavy atom. The molecule has 1 aromatic carbocycles. The predicted molar refractivity (Wildman–Crippen MR) is 113 cm³/mol. The van der Waals surface area contributed by atoms with Crippen LogP contribution in [0.3, 0.4) is 0 Å². The monoisotopic (exact) mass is 424 g/mol. The summed E-state index contributed by atoms with van der Waals surface area (Å²) >= 11 is 1.67. The van der Waals surface area contributed by atoms with Gasteiger partial charge in [-0.15, -0.1) is 11.3 Å². The zero-order chi connectivity index (χ0) is 20.5. The summed E-state index contributed by atoms with van der Waals surface area (Å²) in [6.07, 6.45) is 3.07. The summed E-state index contributed by atoms with van der Waals surface area (Å²) in [4.78, 5) is 37.8. The van der Waals surface area contributed by atoms with E-state index < -0.39 is 0 Å². The molecule has 1 aromatic heterocycles. The highest BCUT2D eigenvalue weighted by atomic mass is 32.1. The molecule has 4 heterocycles. The summed E-state index contributed by atoms with van der Waals surface area (Å²) in [6, 6.07) is 10.1. The van der Waals surface area contributed by atoms with Gasteiger partial charge in [0.2, 0.25) is 11.8 Å². The van der Waals surface area contributed by atoms with Gasteiger partial charge in [-0.1, -0.05) is 35.5 Å². The molecule has 8 heteroatoms. The molecular weight excluding hydrogens is 400 g/mol. The van der Waals surface area contributed by atoms with Crippen molar-refractivity contribution in [3.63, 3.8) is 0 Å². The maximum Gasteiger partial charge on any atom is 0.242 e. The first-order valence-electron chi connectivity index (χ1n) is 10.5. The highest BCUT2D eigenvalue weighted by Gasteiger charge is 2.31. The number of hydrogen-bond donors (Lipinski definition) is 0. The molecule has 3 aliphatic rings. The Morgan fingerprint density at radius 1 is 1.17 bits per heavy atom. The average molecular weight is 425 g/mol. The van der Waals surface area contributed by atoms with Gasteiger partial charge in [-0.05, 0) is 18.4 Å². The Balaban J connectivity index is 1.15. The lowest BCUT2D eigenvalue weighted by Gasteiger charge is -2.35. The molecule has 0 aliphatic carbocycles. The van der Waals surface area contributed by atoms with E-state index in [0.29, 0.717) is 18.9 Å². The summed E-state index contributed by atoms with van der Waals surface area (Å²) in [7, 11) is 0. The van der Waals surface area contributed by atoms with Crippen molar-refractivity contribution < 1.29 is 14.4 Å². The van der Waals surface area contributed by atoms with Crippen LogP contribution in [0.25, 0.3) is 0 Å². The fraction of sp³-hybridized carbons (Fsp3) is 0.455. The van der Waals surface area contributed by atoms with E-state index in [2.05, 4.69) is 22.7 Å². The lowest BCUT2D eigenvalue weighted by molar-refractivity contribution is -0.147. The van der Waals surface area contributed by atoms with Gasteiger partial charge in [-0.2, -0.15) is 0 Å². The van der Waals surface area contributed by atoms with Crippen LogP contribution in [0.5, 0.6) is 0 Å². The first-order chi connectivity index (χ1) is 14.7. The molecule has 0 radical (unpaired) electrons. The van der Waals surface area contributed by atoms with Crippen LogP contribution in [0, 0.1) is 0 Å². The number of carbonyl (C=O) groups excluding carboxylic acids is 2. The Kier molecular flexibility index (Phi) is 5.25. The number of rotatable bonds is 5. The van der Waals surface area contributed by atoms with Crippen molar-refractivity contribution in [1.29, 1.82) is 0 Å². The highest BCUT2D eigenvalue weighted by molar-refractivity contribution is 7.10. The molecule has 3 aliphatic heterocycles. The molecule has 2 saturated heterocycles. The van der Waals surface area contributed by atoms with E-state index in [1.54, 1.807) is 16.2 Å². The van der Waals surface area contributed by atoms with Gasteiger partial charge in [-0.3, -0.25) is 9.59 Å². The van der Waals surface area contributed by atoms with E-state index in [9.17, 15) is 9.59 Å². The van der Waals surface area contributed by atoms with Crippen LogP contribution >= 0.6 is 11.3 Å². The Morgan fingerprint density at radius 3 is 2.67 bits per heavy atom. The predicted octanol–water partition coefficient (Wildman–Crippen LogP) is 2.95. The number of hydrogen-bond acceptors (Lipinski definition) is 6. The number of nitrogens with zero attached hydrogens (tertiary/aromatic N) is 4. The first-order valence-corrected chi connectivity index (χ1v) is 11.3. The minimum absolute atomic E-state index is 0.0427. The van der Waals surface area contributed by atoms with Crippen LogP contribution in [-0.2, 0) is 14.4 Å². The number of oxime groups is 1. The fourth-order valence-corrected chi connectivity index (χ4v) is 5.15. The Bertz CT molecular complexity index is 966. The number of thiazole rings is 1. The number of benzene rings is 1. The molecule has 0 N–H and O–H groups in total. The average Bonchev–Trinajstić information content (AvgIpc) is 3.47. The van der Waals surface area contributed by atoms with Crippen LogP contribution in [0.4, 0.5) is 0 Å². The van der Waals surface area contributed by atoms with E-state index in [1.807, 2.05) is 23.1 Å². The minimum Gasteiger partial charge on any atom is -0.387 e. The van der Waals surface area contributed by atoms with Crippen molar-refractivity contribution in [2.75, 3.05) is 26.2 Å². The quantitative estimate of drug-likeness (QED) is 0.692.